The van der Waals surface area contributed by atoms with Crippen LogP contribution in [-0.2, 0) is 32.2 Å². The lowest BCUT2D eigenvalue weighted by atomic mass is 10.1. The molecule has 0 fully saturated rings. The molecule has 1 atom stereocenters. The van der Waals surface area contributed by atoms with Gasteiger partial charge in [0.15, 0.2) is 0 Å². The van der Waals surface area contributed by atoms with Crippen molar-refractivity contribution in [3.63, 3.8) is 0 Å². The lowest BCUT2D eigenvalue weighted by Gasteiger charge is -2.32. The van der Waals surface area contributed by atoms with Crippen molar-refractivity contribution < 1.29 is 31.2 Å². The van der Waals surface area contributed by atoms with Crippen LogP contribution in [0.4, 0.5) is 18.9 Å². The second kappa shape index (κ2) is 11.8. The number of carbonyl (C=O) groups is 2. The van der Waals surface area contributed by atoms with E-state index in [1.54, 1.807) is 6.92 Å². The normalized spacial score (nSPS) is 12.7. The van der Waals surface area contributed by atoms with Crippen molar-refractivity contribution >= 4 is 39.1 Å². The maximum Gasteiger partial charge on any atom is 0.417 e. The fourth-order valence-electron chi connectivity index (χ4n) is 3.56. The van der Waals surface area contributed by atoms with Crippen molar-refractivity contribution in [2.24, 2.45) is 0 Å². The van der Waals surface area contributed by atoms with E-state index < -0.39 is 51.2 Å². The maximum atomic E-state index is 13.4. The number of nitrogens with zero attached hydrogens (tertiary/aromatic N) is 2. The first-order valence-electron chi connectivity index (χ1n) is 10.7. The Kier molecular flexibility index (Phi) is 9.56. The molecule has 0 saturated carbocycles. The summed E-state index contributed by atoms with van der Waals surface area (Å²) < 4.78 is 65.6. The number of carbonyl (C=O) groups excluding carboxylic acids is 2. The van der Waals surface area contributed by atoms with Crippen LogP contribution in [0, 0.1) is 0 Å². The summed E-state index contributed by atoms with van der Waals surface area (Å²) in [5, 5.41) is 1.89. The molecule has 192 valence electrons. The minimum atomic E-state index is -4.82. The van der Waals surface area contributed by atoms with Gasteiger partial charge in [-0.15, -0.1) is 0 Å². The number of likely N-dealkylation sites (N-methyl/N-ethyl adjacent to an activating group) is 1. The Balaban J connectivity index is 2.43. The minimum Gasteiger partial charge on any atom is -0.357 e. The lowest BCUT2D eigenvalue weighted by Crippen LogP contribution is -2.52. The van der Waals surface area contributed by atoms with Crippen LogP contribution in [0.15, 0.2) is 48.5 Å². The van der Waals surface area contributed by atoms with E-state index in [4.69, 9.17) is 11.6 Å². The van der Waals surface area contributed by atoms with Gasteiger partial charge in [-0.3, -0.25) is 13.9 Å². The highest BCUT2D eigenvalue weighted by Gasteiger charge is 2.35. The zero-order chi connectivity index (χ0) is 26.4. The Hall–Kier alpha value is -2.79. The van der Waals surface area contributed by atoms with Crippen LogP contribution in [0.5, 0.6) is 0 Å². The highest BCUT2D eigenvalue weighted by molar-refractivity contribution is 7.92. The highest BCUT2D eigenvalue weighted by Crippen LogP contribution is 2.37. The molecule has 0 heterocycles. The third-order valence-electron chi connectivity index (χ3n) is 5.34. The van der Waals surface area contributed by atoms with Gasteiger partial charge in [-0.05, 0) is 36.6 Å². The molecule has 0 spiro atoms. The van der Waals surface area contributed by atoms with Crippen LogP contribution in [0.3, 0.4) is 0 Å². The average molecular weight is 534 g/mol. The van der Waals surface area contributed by atoms with Crippen LogP contribution < -0.4 is 9.62 Å². The summed E-state index contributed by atoms with van der Waals surface area (Å²) in [5.41, 5.74) is -0.700. The first-order valence-corrected chi connectivity index (χ1v) is 12.9. The van der Waals surface area contributed by atoms with E-state index in [0.717, 1.165) is 24.0 Å². The molecule has 0 saturated heterocycles. The number of rotatable bonds is 10. The summed E-state index contributed by atoms with van der Waals surface area (Å²) >= 11 is 5.66. The predicted octanol–water partition coefficient (Wildman–Crippen LogP) is 3.72. The summed E-state index contributed by atoms with van der Waals surface area (Å²) in [6.07, 6.45) is -3.41. The third kappa shape index (κ3) is 7.60. The van der Waals surface area contributed by atoms with Crippen molar-refractivity contribution in [2.75, 3.05) is 30.7 Å². The van der Waals surface area contributed by atoms with E-state index in [0.29, 0.717) is 16.8 Å². The van der Waals surface area contributed by atoms with Crippen molar-refractivity contribution in [1.82, 2.24) is 10.2 Å². The van der Waals surface area contributed by atoms with Gasteiger partial charge in [-0.2, -0.15) is 13.2 Å². The van der Waals surface area contributed by atoms with Crippen LogP contribution in [0.2, 0.25) is 5.02 Å². The molecular weight excluding hydrogens is 507 g/mol. The van der Waals surface area contributed by atoms with Gasteiger partial charge in [-0.1, -0.05) is 48.9 Å². The molecule has 0 aliphatic carbocycles. The Morgan fingerprint density at radius 1 is 1.11 bits per heavy atom. The number of anilines is 1. The average Bonchev–Trinajstić information content (AvgIpc) is 2.79. The first-order chi connectivity index (χ1) is 16.3. The molecule has 2 aromatic rings. The van der Waals surface area contributed by atoms with Crippen molar-refractivity contribution in [1.29, 1.82) is 0 Å². The fourth-order valence-corrected chi connectivity index (χ4v) is 4.63. The van der Waals surface area contributed by atoms with E-state index in [1.165, 1.54) is 11.9 Å². The lowest BCUT2D eigenvalue weighted by molar-refractivity contribution is -0.139. The van der Waals surface area contributed by atoms with Gasteiger partial charge in [0.05, 0.1) is 22.5 Å². The van der Waals surface area contributed by atoms with Gasteiger partial charge >= 0.3 is 6.18 Å². The number of hydrogen-bond acceptors (Lipinski definition) is 4. The van der Waals surface area contributed by atoms with Crippen molar-refractivity contribution in [2.45, 2.75) is 32.0 Å². The first kappa shape index (κ1) is 28.4. The van der Waals surface area contributed by atoms with E-state index in [9.17, 15) is 31.2 Å². The molecule has 0 radical (unpaired) electrons. The van der Waals surface area contributed by atoms with Crippen LogP contribution >= 0.6 is 11.6 Å². The Morgan fingerprint density at radius 3 is 2.26 bits per heavy atom. The molecular formula is C23H27ClF3N3O4S. The zero-order valence-corrected chi connectivity index (χ0v) is 21.0. The zero-order valence-electron chi connectivity index (χ0n) is 19.5. The monoisotopic (exact) mass is 533 g/mol. The van der Waals surface area contributed by atoms with Gasteiger partial charge in [0, 0.05) is 13.6 Å². The topological polar surface area (TPSA) is 86.8 Å². The fraction of sp³-hybridized carbons (Fsp3) is 0.391. The highest BCUT2D eigenvalue weighted by atomic mass is 35.5. The smallest absolute Gasteiger partial charge is 0.357 e. The van der Waals surface area contributed by atoms with E-state index in [1.807, 2.05) is 30.3 Å². The number of nitrogens with one attached hydrogen (secondary N) is 1. The number of benzene rings is 2. The molecule has 7 nitrogen and oxygen atoms in total. The van der Waals surface area contributed by atoms with E-state index in [-0.39, 0.29) is 18.7 Å². The van der Waals surface area contributed by atoms with Crippen molar-refractivity contribution in [3.8, 4) is 0 Å². The standard InChI is InChI=1S/C23H27ClF3N3O4S/c1-4-20(22(32)28-2)29(13-12-16-8-6-5-7-9-16)21(31)15-30(35(3,33)34)17-10-11-19(24)18(14-17)23(25,26)27/h5-11,14,20H,4,12-13,15H2,1-3H3,(H,28,32)/t20-/m0/s1. The second-order valence-electron chi connectivity index (χ2n) is 7.79. The van der Waals surface area contributed by atoms with Crippen LogP contribution in [0.1, 0.15) is 24.5 Å². The van der Waals surface area contributed by atoms with Gasteiger partial charge < -0.3 is 10.2 Å². The maximum absolute atomic E-state index is 13.4. The van der Waals surface area contributed by atoms with Gasteiger partial charge in [0.1, 0.15) is 12.6 Å². The SMILES string of the molecule is CC[C@@H](C(=O)NC)N(CCc1ccccc1)C(=O)CN(c1ccc(Cl)c(C(F)(F)F)c1)S(C)(=O)=O. The molecule has 0 aliphatic heterocycles. The summed E-state index contributed by atoms with van der Waals surface area (Å²) in [5.74, 6) is -1.17. The third-order valence-corrected chi connectivity index (χ3v) is 6.81. The molecule has 0 aliphatic rings. The minimum absolute atomic E-state index is 0.0980. The molecule has 2 amide bonds. The molecule has 12 heteroatoms. The summed E-state index contributed by atoms with van der Waals surface area (Å²) in [6.45, 7) is 1.01. The molecule has 0 aromatic heterocycles. The molecule has 2 aromatic carbocycles. The van der Waals surface area contributed by atoms with Crippen LogP contribution in [0.25, 0.3) is 0 Å². The van der Waals surface area contributed by atoms with Gasteiger partial charge in [0.2, 0.25) is 21.8 Å². The van der Waals surface area contributed by atoms with E-state index >= 15 is 0 Å². The number of sulfonamides is 1. The molecule has 2 rings (SSSR count). The Labute approximate surface area is 207 Å². The number of halogens is 4. The second-order valence-corrected chi connectivity index (χ2v) is 10.1. The van der Waals surface area contributed by atoms with E-state index in [2.05, 4.69) is 5.32 Å². The summed E-state index contributed by atoms with van der Waals surface area (Å²) in [4.78, 5) is 27.1. The molecule has 0 bridgehead atoms. The predicted molar refractivity (Wildman–Crippen MR) is 129 cm³/mol. The summed E-state index contributed by atoms with van der Waals surface area (Å²) in [6, 6.07) is 10.9. The number of alkyl halides is 3. The van der Waals surface area contributed by atoms with Crippen LogP contribution in [-0.4, -0.2) is 57.6 Å². The Bertz CT molecular complexity index is 1140. The van der Waals surface area contributed by atoms with Crippen molar-refractivity contribution in [3.05, 3.63) is 64.7 Å². The number of amides is 2. The Morgan fingerprint density at radius 2 is 1.74 bits per heavy atom. The largest absolute Gasteiger partial charge is 0.417 e. The molecule has 35 heavy (non-hydrogen) atoms. The molecule has 0 unspecified atom stereocenters. The van der Waals surface area contributed by atoms with Gasteiger partial charge in [-0.25, -0.2) is 8.42 Å². The quantitative estimate of drug-likeness (QED) is 0.504. The van der Waals surface area contributed by atoms with Gasteiger partial charge in [0.25, 0.3) is 0 Å². The summed E-state index contributed by atoms with van der Waals surface area (Å²) in [7, 11) is -2.76. The number of hydrogen-bond donors (Lipinski definition) is 1. The molecule has 1 N–H and O–H groups in total.